The second kappa shape index (κ2) is 4.08. The molecule has 4 nitrogen and oxygen atoms in total. The fourth-order valence-electron chi connectivity index (χ4n) is 3.89. The molecule has 1 fully saturated rings. The van der Waals surface area contributed by atoms with E-state index in [4.69, 9.17) is 4.74 Å². The molecule has 0 radical (unpaired) electrons. The Labute approximate surface area is 118 Å². The first kappa shape index (κ1) is 13.2. The molecule has 3 aliphatic rings. The molecule has 106 valence electrons. The Kier molecular flexibility index (Phi) is 2.68. The zero-order chi connectivity index (χ0) is 14.7. The van der Waals surface area contributed by atoms with Crippen LogP contribution in [0.5, 0.6) is 0 Å². The van der Waals surface area contributed by atoms with Crippen molar-refractivity contribution < 1.29 is 14.3 Å². The third-order valence-corrected chi connectivity index (χ3v) is 4.83. The number of carbonyl (C=O) groups is 2. The number of ether oxygens (including phenoxy) is 1. The molecule has 4 rings (SSSR count). The van der Waals surface area contributed by atoms with Crippen LogP contribution in [-0.4, -0.2) is 30.9 Å². The molecule has 3 unspecified atom stereocenters. The van der Waals surface area contributed by atoms with Gasteiger partial charge in [-0.05, 0) is 31.4 Å². The van der Waals surface area contributed by atoms with Crippen LogP contribution in [0.1, 0.15) is 42.0 Å². The van der Waals surface area contributed by atoms with Crippen LogP contribution in [0.3, 0.4) is 0 Å². The summed E-state index contributed by atoms with van der Waals surface area (Å²) >= 11 is 0. The summed E-state index contributed by atoms with van der Waals surface area (Å²) in [5, 5.41) is 0. The van der Waals surface area contributed by atoms with E-state index in [0.717, 1.165) is 16.7 Å². The Morgan fingerprint density at radius 2 is 2.10 bits per heavy atom. The van der Waals surface area contributed by atoms with Crippen molar-refractivity contribution in [3.05, 3.63) is 34.9 Å². The van der Waals surface area contributed by atoms with Gasteiger partial charge in [0, 0.05) is 7.05 Å². The molecule has 2 aliphatic heterocycles. The van der Waals surface area contributed by atoms with Crippen molar-refractivity contribution in [1.82, 2.24) is 4.90 Å². The summed E-state index contributed by atoms with van der Waals surface area (Å²) in [6.45, 7) is 3.93. The lowest BCUT2D eigenvalue weighted by atomic mass is 9.60. The van der Waals surface area contributed by atoms with E-state index in [-0.39, 0.29) is 23.8 Å². The summed E-state index contributed by atoms with van der Waals surface area (Å²) in [7, 11) is 3.19. The fraction of sp³-hybridized carbons (Fsp3) is 0.500. The Balaban J connectivity index is 2.21. The van der Waals surface area contributed by atoms with Crippen LogP contribution >= 0.6 is 0 Å². The summed E-state index contributed by atoms with van der Waals surface area (Å²) in [6, 6.07) is 5.93. The highest BCUT2D eigenvalue weighted by Crippen LogP contribution is 2.57. The number of hydrogen-bond acceptors (Lipinski definition) is 3. The molecule has 1 aliphatic carbocycles. The maximum atomic E-state index is 12.4. The van der Waals surface area contributed by atoms with Crippen LogP contribution in [0.15, 0.2) is 18.2 Å². The van der Waals surface area contributed by atoms with Gasteiger partial charge < -0.3 is 9.64 Å². The molecule has 1 saturated heterocycles. The van der Waals surface area contributed by atoms with Gasteiger partial charge in [0.1, 0.15) is 0 Å². The molecule has 0 spiro atoms. The Morgan fingerprint density at radius 3 is 2.75 bits per heavy atom. The highest BCUT2D eigenvalue weighted by molar-refractivity contribution is 5.92. The van der Waals surface area contributed by atoms with Crippen LogP contribution in [0.25, 0.3) is 0 Å². The molecular weight excluding hydrogens is 254 g/mol. The first-order valence-electron chi connectivity index (χ1n) is 6.85. The van der Waals surface area contributed by atoms with E-state index in [1.807, 2.05) is 26.0 Å². The van der Waals surface area contributed by atoms with Gasteiger partial charge in [-0.3, -0.25) is 9.59 Å². The largest absolute Gasteiger partial charge is 0.469 e. The van der Waals surface area contributed by atoms with Crippen molar-refractivity contribution in [2.75, 3.05) is 14.2 Å². The molecule has 1 amide bonds. The standard InChI is InChI=1S/C16H19NO3/c1-9-5-6-10-11(7-9)12-8-16(2,15(19)20-4)13(10)17(3)14(12)18/h5-7,12-13H,8H2,1-4H3. The van der Waals surface area contributed by atoms with Crippen LogP contribution in [0.2, 0.25) is 0 Å². The highest BCUT2D eigenvalue weighted by atomic mass is 16.5. The SMILES string of the molecule is COC(=O)C1(C)CC2C(=O)N(C)C1c1ccc(C)cc12. The van der Waals surface area contributed by atoms with Crippen molar-refractivity contribution in [2.45, 2.75) is 32.2 Å². The number of methoxy groups -OCH3 is 1. The molecule has 2 bridgehead atoms. The molecule has 4 heteroatoms. The number of nitrogens with zero attached hydrogens (tertiary/aromatic N) is 1. The number of esters is 1. The van der Waals surface area contributed by atoms with Crippen LogP contribution in [-0.2, 0) is 14.3 Å². The van der Waals surface area contributed by atoms with Gasteiger partial charge >= 0.3 is 5.97 Å². The zero-order valence-corrected chi connectivity index (χ0v) is 12.3. The van der Waals surface area contributed by atoms with Crippen LogP contribution in [0, 0.1) is 12.3 Å². The maximum absolute atomic E-state index is 12.4. The second-order valence-corrected chi connectivity index (χ2v) is 6.15. The number of likely N-dealkylation sites (N-methyl/N-ethyl adjacent to an activating group) is 1. The van der Waals surface area contributed by atoms with Crippen molar-refractivity contribution in [2.24, 2.45) is 5.41 Å². The summed E-state index contributed by atoms with van der Waals surface area (Å²) in [6.07, 6.45) is 0.532. The molecule has 0 aromatic heterocycles. The number of aryl methyl sites for hydroxylation is 1. The monoisotopic (exact) mass is 273 g/mol. The molecule has 0 saturated carbocycles. The van der Waals surface area contributed by atoms with Gasteiger partial charge in [-0.2, -0.15) is 0 Å². The predicted molar refractivity (Wildman–Crippen MR) is 74.2 cm³/mol. The number of benzene rings is 1. The smallest absolute Gasteiger partial charge is 0.314 e. The number of fused-ring (bicyclic) bond motifs is 2. The molecule has 3 atom stereocenters. The first-order valence-corrected chi connectivity index (χ1v) is 6.85. The van der Waals surface area contributed by atoms with Crippen molar-refractivity contribution in [1.29, 1.82) is 0 Å². The minimum Gasteiger partial charge on any atom is -0.469 e. The van der Waals surface area contributed by atoms with E-state index in [1.54, 1.807) is 11.9 Å². The second-order valence-electron chi connectivity index (χ2n) is 6.15. The zero-order valence-electron chi connectivity index (χ0n) is 12.3. The lowest BCUT2D eigenvalue weighted by Crippen LogP contribution is -2.56. The number of hydrogen-bond donors (Lipinski definition) is 0. The predicted octanol–water partition coefficient (Wildman–Crippen LogP) is 2.17. The molecule has 20 heavy (non-hydrogen) atoms. The summed E-state index contributed by atoms with van der Waals surface area (Å²) in [4.78, 5) is 26.4. The van der Waals surface area contributed by atoms with E-state index in [9.17, 15) is 9.59 Å². The average Bonchev–Trinajstić information content (AvgIpc) is 2.43. The van der Waals surface area contributed by atoms with Crippen molar-refractivity contribution in [3.63, 3.8) is 0 Å². The fourth-order valence-corrected chi connectivity index (χ4v) is 3.89. The molecule has 2 heterocycles. The number of carbonyl (C=O) groups excluding carboxylic acids is 2. The molecule has 1 aromatic carbocycles. The number of piperidine rings is 1. The quantitative estimate of drug-likeness (QED) is 0.737. The Hall–Kier alpha value is -1.84. The summed E-state index contributed by atoms with van der Waals surface area (Å²) in [5.74, 6) is -0.364. The van der Waals surface area contributed by atoms with Crippen molar-refractivity contribution in [3.8, 4) is 0 Å². The third-order valence-electron chi connectivity index (χ3n) is 4.83. The third kappa shape index (κ3) is 1.48. The van der Waals surface area contributed by atoms with E-state index in [0.29, 0.717) is 6.42 Å². The Bertz CT molecular complexity index is 610. The minimum atomic E-state index is -0.662. The normalized spacial score (nSPS) is 31.2. The lowest BCUT2D eigenvalue weighted by Gasteiger charge is -2.53. The van der Waals surface area contributed by atoms with E-state index < -0.39 is 5.41 Å². The lowest BCUT2D eigenvalue weighted by molar-refractivity contribution is -0.167. The van der Waals surface area contributed by atoms with Crippen LogP contribution in [0.4, 0.5) is 0 Å². The minimum absolute atomic E-state index is 0.106. The van der Waals surface area contributed by atoms with Crippen molar-refractivity contribution >= 4 is 11.9 Å². The average molecular weight is 273 g/mol. The number of amides is 1. The first-order chi connectivity index (χ1) is 9.40. The summed E-state index contributed by atoms with van der Waals surface area (Å²) < 4.78 is 4.99. The van der Waals surface area contributed by atoms with Gasteiger partial charge in [-0.25, -0.2) is 0 Å². The van der Waals surface area contributed by atoms with E-state index in [2.05, 4.69) is 6.07 Å². The topological polar surface area (TPSA) is 46.6 Å². The Morgan fingerprint density at radius 1 is 1.40 bits per heavy atom. The van der Waals surface area contributed by atoms with Gasteiger partial charge in [0.05, 0.1) is 24.5 Å². The van der Waals surface area contributed by atoms with E-state index in [1.165, 1.54) is 7.11 Å². The number of rotatable bonds is 1. The van der Waals surface area contributed by atoms with Gasteiger partial charge in [-0.1, -0.05) is 23.8 Å². The molecule has 0 N–H and O–H groups in total. The summed E-state index contributed by atoms with van der Waals surface area (Å²) in [5.41, 5.74) is 2.65. The van der Waals surface area contributed by atoms with E-state index >= 15 is 0 Å². The van der Waals surface area contributed by atoms with Gasteiger partial charge in [0.2, 0.25) is 5.91 Å². The molecule has 1 aromatic rings. The molecular formula is C16H19NO3. The maximum Gasteiger partial charge on any atom is 0.314 e. The van der Waals surface area contributed by atoms with Gasteiger partial charge in [-0.15, -0.1) is 0 Å². The van der Waals surface area contributed by atoms with Gasteiger partial charge in [0.25, 0.3) is 0 Å². The highest BCUT2D eigenvalue weighted by Gasteiger charge is 2.58. The van der Waals surface area contributed by atoms with Crippen LogP contribution < -0.4 is 0 Å². The van der Waals surface area contributed by atoms with Gasteiger partial charge in [0.15, 0.2) is 0 Å².